The van der Waals surface area contributed by atoms with Crippen LogP contribution in [0.4, 0.5) is 10.5 Å². The Balaban J connectivity index is 2.32. The SMILES string of the molecule is COCC(O)CNC(=O)Nc1ccc(Br)cc1. The second-order valence-electron chi connectivity index (χ2n) is 3.45. The van der Waals surface area contributed by atoms with E-state index in [4.69, 9.17) is 4.74 Å². The first-order valence-corrected chi connectivity index (χ1v) is 5.88. The summed E-state index contributed by atoms with van der Waals surface area (Å²) >= 11 is 3.30. The summed E-state index contributed by atoms with van der Waals surface area (Å²) in [6.45, 7) is 0.342. The molecule has 1 aromatic rings. The van der Waals surface area contributed by atoms with Gasteiger partial charge < -0.3 is 20.5 Å². The maximum absolute atomic E-state index is 11.4. The van der Waals surface area contributed by atoms with E-state index in [2.05, 4.69) is 26.6 Å². The van der Waals surface area contributed by atoms with Crippen molar-refractivity contribution in [3.63, 3.8) is 0 Å². The third kappa shape index (κ3) is 5.67. The number of halogens is 1. The number of ether oxygens (including phenoxy) is 1. The predicted molar refractivity (Wildman–Crippen MR) is 69.0 cm³/mol. The van der Waals surface area contributed by atoms with E-state index in [1.807, 2.05) is 12.1 Å². The lowest BCUT2D eigenvalue weighted by molar-refractivity contribution is 0.0663. The number of aliphatic hydroxyl groups is 1. The highest BCUT2D eigenvalue weighted by Gasteiger charge is 2.06. The lowest BCUT2D eigenvalue weighted by atomic mass is 10.3. The molecule has 1 atom stereocenters. The molecular weight excluding hydrogens is 288 g/mol. The van der Waals surface area contributed by atoms with E-state index >= 15 is 0 Å². The molecule has 6 heteroatoms. The van der Waals surface area contributed by atoms with Gasteiger partial charge in [-0.05, 0) is 24.3 Å². The van der Waals surface area contributed by atoms with E-state index in [1.165, 1.54) is 7.11 Å². The van der Waals surface area contributed by atoms with Gasteiger partial charge in [0.05, 0.1) is 12.7 Å². The van der Waals surface area contributed by atoms with E-state index in [0.29, 0.717) is 5.69 Å². The van der Waals surface area contributed by atoms with Crippen LogP contribution in [0.1, 0.15) is 0 Å². The predicted octanol–water partition coefficient (Wildman–Crippen LogP) is 1.58. The van der Waals surface area contributed by atoms with Gasteiger partial charge in [-0.25, -0.2) is 4.79 Å². The molecule has 0 aliphatic carbocycles. The molecule has 17 heavy (non-hydrogen) atoms. The molecule has 0 aliphatic rings. The number of aliphatic hydroxyl groups excluding tert-OH is 1. The number of carbonyl (C=O) groups is 1. The van der Waals surface area contributed by atoms with E-state index in [1.54, 1.807) is 12.1 Å². The van der Waals surface area contributed by atoms with Crippen LogP contribution in [0.15, 0.2) is 28.7 Å². The molecule has 5 nitrogen and oxygen atoms in total. The third-order valence-electron chi connectivity index (χ3n) is 1.96. The minimum Gasteiger partial charge on any atom is -0.389 e. The standard InChI is InChI=1S/C11H15BrN2O3/c1-17-7-10(15)6-13-11(16)14-9-4-2-8(12)3-5-9/h2-5,10,15H,6-7H2,1H3,(H2,13,14,16). The lowest BCUT2D eigenvalue weighted by Gasteiger charge is -2.11. The summed E-state index contributed by atoms with van der Waals surface area (Å²) in [5, 5.41) is 14.5. The van der Waals surface area contributed by atoms with Crippen LogP contribution in [-0.2, 0) is 4.74 Å². The third-order valence-corrected chi connectivity index (χ3v) is 2.49. The maximum Gasteiger partial charge on any atom is 0.319 e. The van der Waals surface area contributed by atoms with Crippen molar-refractivity contribution in [2.24, 2.45) is 0 Å². The number of rotatable bonds is 5. The lowest BCUT2D eigenvalue weighted by Crippen LogP contribution is -2.36. The molecule has 0 bridgehead atoms. The van der Waals surface area contributed by atoms with Crippen molar-refractivity contribution in [3.05, 3.63) is 28.7 Å². The smallest absolute Gasteiger partial charge is 0.319 e. The number of urea groups is 1. The van der Waals surface area contributed by atoms with Gasteiger partial charge >= 0.3 is 6.03 Å². The van der Waals surface area contributed by atoms with Gasteiger partial charge in [0.25, 0.3) is 0 Å². The number of nitrogens with one attached hydrogen (secondary N) is 2. The largest absolute Gasteiger partial charge is 0.389 e. The minimum absolute atomic E-state index is 0.149. The zero-order valence-corrected chi connectivity index (χ0v) is 11.0. The van der Waals surface area contributed by atoms with Crippen molar-refractivity contribution in [3.8, 4) is 0 Å². The van der Waals surface area contributed by atoms with Crippen LogP contribution < -0.4 is 10.6 Å². The van der Waals surface area contributed by atoms with Crippen molar-refractivity contribution in [2.45, 2.75) is 6.10 Å². The molecule has 0 aliphatic heterocycles. The molecule has 2 amide bonds. The van der Waals surface area contributed by atoms with Crippen LogP contribution in [0.3, 0.4) is 0 Å². The van der Waals surface area contributed by atoms with Crippen LogP contribution in [0, 0.1) is 0 Å². The molecule has 94 valence electrons. The Morgan fingerprint density at radius 1 is 1.47 bits per heavy atom. The van der Waals surface area contributed by atoms with Gasteiger partial charge in [-0.1, -0.05) is 15.9 Å². The van der Waals surface area contributed by atoms with Crippen LogP contribution in [-0.4, -0.2) is 37.5 Å². The summed E-state index contributed by atoms with van der Waals surface area (Å²) < 4.78 is 5.68. The van der Waals surface area contributed by atoms with Gasteiger partial charge in [0.15, 0.2) is 0 Å². The van der Waals surface area contributed by atoms with Gasteiger partial charge in [-0.15, -0.1) is 0 Å². The van der Waals surface area contributed by atoms with Gasteiger partial charge in [-0.2, -0.15) is 0 Å². The Kier molecular flexibility index (Phi) is 5.96. The molecular formula is C11H15BrN2O3. The molecule has 1 unspecified atom stereocenters. The minimum atomic E-state index is -0.698. The van der Waals surface area contributed by atoms with Crippen molar-refractivity contribution >= 4 is 27.6 Å². The van der Waals surface area contributed by atoms with E-state index in [0.717, 1.165) is 4.47 Å². The average molecular weight is 303 g/mol. The number of carbonyl (C=O) groups excluding carboxylic acids is 1. The van der Waals surface area contributed by atoms with Crippen molar-refractivity contribution in [2.75, 3.05) is 25.6 Å². The first kappa shape index (κ1) is 14.0. The molecule has 0 spiro atoms. The maximum atomic E-state index is 11.4. The molecule has 0 heterocycles. The zero-order valence-electron chi connectivity index (χ0n) is 9.44. The molecule has 0 saturated carbocycles. The highest BCUT2D eigenvalue weighted by molar-refractivity contribution is 9.10. The first-order chi connectivity index (χ1) is 8.11. The number of hydrogen-bond donors (Lipinski definition) is 3. The monoisotopic (exact) mass is 302 g/mol. The fourth-order valence-corrected chi connectivity index (χ4v) is 1.43. The van der Waals surface area contributed by atoms with Crippen molar-refractivity contribution in [1.29, 1.82) is 0 Å². The Morgan fingerprint density at radius 3 is 2.71 bits per heavy atom. The first-order valence-electron chi connectivity index (χ1n) is 5.09. The van der Waals surface area contributed by atoms with Crippen molar-refractivity contribution in [1.82, 2.24) is 5.32 Å². The number of anilines is 1. The quantitative estimate of drug-likeness (QED) is 0.773. The van der Waals surface area contributed by atoms with Crippen molar-refractivity contribution < 1.29 is 14.6 Å². The fraction of sp³-hybridized carbons (Fsp3) is 0.364. The molecule has 0 aromatic heterocycles. The summed E-state index contributed by atoms with van der Waals surface area (Å²) in [5.74, 6) is 0. The summed E-state index contributed by atoms with van der Waals surface area (Å²) in [6.07, 6.45) is -0.698. The van der Waals surface area contributed by atoms with Crippen LogP contribution in [0.5, 0.6) is 0 Å². The molecule has 1 aromatic carbocycles. The van der Waals surface area contributed by atoms with E-state index in [-0.39, 0.29) is 19.2 Å². The van der Waals surface area contributed by atoms with E-state index in [9.17, 15) is 9.90 Å². The van der Waals surface area contributed by atoms with Crippen LogP contribution in [0.2, 0.25) is 0 Å². The summed E-state index contributed by atoms with van der Waals surface area (Å²) in [7, 11) is 1.49. The van der Waals surface area contributed by atoms with E-state index < -0.39 is 6.10 Å². The number of methoxy groups -OCH3 is 1. The van der Waals surface area contributed by atoms with Crippen LogP contribution >= 0.6 is 15.9 Å². The van der Waals surface area contributed by atoms with Gasteiger partial charge in [0.2, 0.25) is 0 Å². The van der Waals surface area contributed by atoms with Gasteiger partial charge in [0.1, 0.15) is 0 Å². The number of amides is 2. The van der Waals surface area contributed by atoms with Crippen LogP contribution in [0.25, 0.3) is 0 Å². The number of hydrogen-bond acceptors (Lipinski definition) is 3. The summed E-state index contributed by atoms with van der Waals surface area (Å²) in [4.78, 5) is 11.4. The van der Waals surface area contributed by atoms with Gasteiger partial charge in [-0.3, -0.25) is 0 Å². The highest BCUT2D eigenvalue weighted by atomic mass is 79.9. The Morgan fingerprint density at radius 2 is 2.12 bits per heavy atom. The Bertz CT molecular complexity index is 356. The summed E-state index contributed by atoms with van der Waals surface area (Å²) in [5.41, 5.74) is 0.687. The molecule has 3 N–H and O–H groups in total. The zero-order chi connectivity index (χ0) is 12.7. The van der Waals surface area contributed by atoms with Gasteiger partial charge in [0, 0.05) is 23.8 Å². The number of benzene rings is 1. The fourth-order valence-electron chi connectivity index (χ4n) is 1.17. The molecule has 0 radical (unpaired) electrons. The topological polar surface area (TPSA) is 70.6 Å². The summed E-state index contributed by atoms with van der Waals surface area (Å²) in [6, 6.07) is 6.84. The Labute approximate surface area is 108 Å². The second kappa shape index (κ2) is 7.26. The second-order valence-corrected chi connectivity index (χ2v) is 4.37. The highest BCUT2D eigenvalue weighted by Crippen LogP contribution is 2.13. The average Bonchev–Trinajstić information content (AvgIpc) is 2.30. The molecule has 0 fully saturated rings. The molecule has 0 saturated heterocycles. The molecule has 1 rings (SSSR count). The normalized spacial score (nSPS) is 11.9. The Hall–Kier alpha value is -1.11.